The van der Waals surface area contributed by atoms with Crippen molar-refractivity contribution in [1.82, 2.24) is 0 Å². The summed E-state index contributed by atoms with van der Waals surface area (Å²) in [5, 5.41) is 2.81. The minimum absolute atomic E-state index is 0.0693. The third kappa shape index (κ3) is 2.10. The molecule has 0 aromatic heterocycles. The van der Waals surface area contributed by atoms with E-state index in [2.05, 4.69) is 11.2 Å². The highest BCUT2D eigenvalue weighted by Crippen LogP contribution is 2.26. The Labute approximate surface area is 88.4 Å². The number of aryl methyl sites for hydroxylation is 1. The van der Waals surface area contributed by atoms with Gasteiger partial charge in [0.25, 0.3) is 0 Å². The smallest absolute Gasteiger partial charge is 0.224 e. The first-order valence-corrected chi connectivity index (χ1v) is 4.78. The predicted octanol–water partition coefficient (Wildman–Crippen LogP) is 1.58. The lowest BCUT2D eigenvalue weighted by atomic mass is 10.0. The van der Waals surface area contributed by atoms with Gasteiger partial charge in [-0.05, 0) is 30.2 Å². The van der Waals surface area contributed by atoms with Crippen LogP contribution in [0.25, 0.3) is 0 Å². The van der Waals surface area contributed by atoms with Crippen LogP contribution in [0, 0.1) is 12.3 Å². The average Bonchev–Trinajstić information content (AvgIpc) is 2.26. The Kier molecular flexibility index (Phi) is 2.59. The fourth-order valence-corrected chi connectivity index (χ4v) is 1.57. The van der Waals surface area contributed by atoms with Crippen LogP contribution in [-0.2, 0) is 11.2 Å². The summed E-state index contributed by atoms with van der Waals surface area (Å²) in [4.78, 5) is 11.1. The normalized spacial score (nSPS) is 13.7. The van der Waals surface area contributed by atoms with Crippen LogP contribution in [-0.4, -0.2) is 12.5 Å². The van der Waals surface area contributed by atoms with Crippen molar-refractivity contribution in [2.24, 2.45) is 0 Å². The van der Waals surface area contributed by atoms with E-state index < -0.39 is 0 Å². The topological polar surface area (TPSA) is 38.3 Å². The number of benzene rings is 1. The van der Waals surface area contributed by atoms with Gasteiger partial charge in [0.05, 0.1) is 0 Å². The van der Waals surface area contributed by atoms with E-state index in [0.717, 1.165) is 23.4 Å². The summed E-state index contributed by atoms with van der Waals surface area (Å²) in [6.07, 6.45) is 6.39. The number of rotatable bonds is 2. The van der Waals surface area contributed by atoms with E-state index in [-0.39, 0.29) is 12.5 Å². The van der Waals surface area contributed by atoms with Gasteiger partial charge < -0.3 is 10.1 Å². The minimum Gasteiger partial charge on any atom is -0.481 e. The first-order chi connectivity index (χ1) is 7.29. The summed E-state index contributed by atoms with van der Waals surface area (Å²) < 4.78 is 5.30. The molecule has 0 radical (unpaired) electrons. The Bertz CT molecular complexity index is 432. The number of anilines is 1. The van der Waals surface area contributed by atoms with Crippen molar-refractivity contribution < 1.29 is 9.53 Å². The van der Waals surface area contributed by atoms with Crippen molar-refractivity contribution in [3.63, 3.8) is 0 Å². The highest BCUT2D eigenvalue weighted by Gasteiger charge is 2.14. The molecule has 76 valence electrons. The SMILES string of the molecule is C#CCOc1ccc2c(c1)CCC(=O)N2. The van der Waals surface area contributed by atoms with Crippen LogP contribution >= 0.6 is 0 Å². The Morgan fingerprint density at radius 2 is 2.33 bits per heavy atom. The maximum atomic E-state index is 11.1. The molecular weight excluding hydrogens is 190 g/mol. The molecule has 1 aromatic carbocycles. The maximum Gasteiger partial charge on any atom is 0.224 e. The van der Waals surface area contributed by atoms with E-state index in [9.17, 15) is 4.79 Å². The largest absolute Gasteiger partial charge is 0.481 e. The molecule has 0 spiro atoms. The number of carbonyl (C=O) groups excluding carboxylic acids is 1. The number of carbonyl (C=O) groups is 1. The minimum atomic E-state index is 0.0693. The molecule has 1 aromatic rings. The standard InChI is InChI=1S/C12H11NO2/c1-2-7-15-10-4-5-11-9(8-10)3-6-12(14)13-11/h1,4-5,8H,3,6-7H2,(H,13,14). The Balaban J connectivity index is 2.20. The van der Waals surface area contributed by atoms with Crippen LogP contribution in [0.2, 0.25) is 0 Å². The molecule has 3 heteroatoms. The van der Waals surface area contributed by atoms with E-state index in [1.54, 1.807) is 0 Å². The van der Waals surface area contributed by atoms with Crippen molar-refractivity contribution >= 4 is 11.6 Å². The summed E-state index contributed by atoms with van der Waals surface area (Å²) in [5.41, 5.74) is 1.98. The molecule has 2 rings (SSSR count). The fraction of sp³-hybridized carbons (Fsp3) is 0.250. The maximum absolute atomic E-state index is 11.1. The number of hydrogen-bond donors (Lipinski definition) is 1. The van der Waals surface area contributed by atoms with Gasteiger partial charge in [-0.25, -0.2) is 0 Å². The molecule has 0 saturated carbocycles. The van der Waals surface area contributed by atoms with E-state index in [1.807, 2.05) is 18.2 Å². The van der Waals surface area contributed by atoms with Gasteiger partial charge in [0.15, 0.2) is 0 Å². The fourth-order valence-electron chi connectivity index (χ4n) is 1.57. The van der Waals surface area contributed by atoms with Gasteiger partial charge in [0.2, 0.25) is 5.91 Å². The van der Waals surface area contributed by atoms with E-state index in [0.29, 0.717) is 6.42 Å². The zero-order valence-corrected chi connectivity index (χ0v) is 8.25. The molecular formula is C12H11NO2. The summed E-state index contributed by atoms with van der Waals surface area (Å²) in [6, 6.07) is 5.58. The lowest BCUT2D eigenvalue weighted by Crippen LogP contribution is -2.18. The van der Waals surface area contributed by atoms with Gasteiger partial charge in [0.1, 0.15) is 12.4 Å². The number of fused-ring (bicyclic) bond motifs is 1. The Hall–Kier alpha value is -1.95. The number of ether oxygens (including phenoxy) is 1. The highest BCUT2D eigenvalue weighted by atomic mass is 16.5. The summed E-state index contributed by atoms with van der Waals surface area (Å²) in [6.45, 7) is 0.269. The number of hydrogen-bond acceptors (Lipinski definition) is 2. The second-order valence-corrected chi connectivity index (χ2v) is 3.36. The third-order valence-corrected chi connectivity index (χ3v) is 2.29. The molecule has 0 bridgehead atoms. The predicted molar refractivity (Wildman–Crippen MR) is 57.7 cm³/mol. The molecule has 3 nitrogen and oxygen atoms in total. The number of amides is 1. The third-order valence-electron chi connectivity index (χ3n) is 2.29. The molecule has 1 N–H and O–H groups in total. The first kappa shape index (κ1) is 9.60. The monoisotopic (exact) mass is 201 g/mol. The van der Waals surface area contributed by atoms with Crippen LogP contribution in [0.15, 0.2) is 18.2 Å². The first-order valence-electron chi connectivity index (χ1n) is 4.78. The molecule has 1 aliphatic rings. The number of nitrogens with one attached hydrogen (secondary N) is 1. The zero-order chi connectivity index (χ0) is 10.7. The zero-order valence-electron chi connectivity index (χ0n) is 8.25. The van der Waals surface area contributed by atoms with Crippen molar-refractivity contribution in [3.05, 3.63) is 23.8 Å². The van der Waals surface area contributed by atoms with Gasteiger partial charge in [0, 0.05) is 12.1 Å². The van der Waals surface area contributed by atoms with Crippen LogP contribution in [0.5, 0.6) is 5.75 Å². The summed E-state index contributed by atoms with van der Waals surface area (Å²) >= 11 is 0. The van der Waals surface area contributed by atoms with Crippen molar-refractivity contribution in [2.75, 3.05) is 11.9 Å². The molecule has 0 aliphatic carbocycles. The van der Waals surface area contributed by atoms with Crippen molar-refractivity contribution in [3.8, 4) is 18.1 Å². The van der Waals surface area contributed by atoms with E-state index >= 15 is 0 Å². The summed E-state index contributed by atoms with van der Waals surface area (Å²) in [7, 11) is 0. The van der Waals surface area contributed by atoms with Crippen molar-refractivity contribution in [1.29, 1.82) is 0 Å². The lowest BCUT2D eigenvalue weighted by Gasteiger charge is -2.17. The number of terminal acetylenes is 1. The van der Waals surface area contributed by atoms with E-state index in [1.165, 1.54) is 0 Å². The quantitative estimate of drug-likeness (QED) is 0.738. The molecule has 0 atom stereocenters. The summed E-state index contributed by atoms with van der Waals surface area (Å²) in [5.74, 6) is 3.23. The van der Waals surface area contributed by atoms with Gasteiger partial charge >= 0.3 is 0 Å². The molecule has 1 amide bonds. The van der Waals surface area contributed by atoms with Gasteiger partial charge in [-0.3, -0.25) is 4.79 Å². The van der Waals surface area contributed by atoms with Gasteiger partial charge in [-0.2, -0.15) is 0 Å². The molecule has 0 saturated heterocycles. The van der Waals surface area contributed by atoms with Gasteiger partial charge in [-0.15, -0.1) is 6.42 Å². The molecule has 0 fully saturated rings. The van der Waals surface area contributed by atoms with Crippen LogP contribution < -0.4 is 10.1 Å². The van der Waals surface area contributed by atoms with Crippen LogP contribution in [0.3, 0.4) is 0 Å². The molecule has 15 heavy (non-hydrogen) atoms. The highest BCUT2D eigenvalue weighted by molar-refractivity contribution is 5.93. The molecule has 1 heterocycles. The van der Waals surface area contributed by atoms with Gasteiger partial charge in [-0.1, -0.05) is 5.92 Å². The lowest BCUT2D eigenvalue weighted by molar-refractivity contribution is -0.116. The van der Waals surface area contributed by atoms with Crippen LogP contribution in [0.4, 0.5) is 5.69 Å². The second kappa shape index (κ2) is 4.05. The Morgan fingerprint density at radius 3 is 3.13 bits per heavy atom. The van der Waals surface area contributed by atoms with Crippen LogP contribution in [0.1, 0.15) is 12.0 Å². The molecule has 0 unspecified atom stereocenters. The van der Waals surface area contributed by atoms with Crippen molar-refractivity contribution in [2.45, 2.75) is 12.8 Å². The molecule has 1 aliphatic heterocycles. The second-order valence-electron chi connectivity index (χ2n) is 3.36. The average molecular weight is 201 g/mol. The van der Waals surface area contributed by atoms with E-state index in [4.69, 9.17) is 11.2 Å². The Morgan fingerprint density at radius 1 is 1.47 bits per heavy atom.